The maximum Gasteiger partial charge on any atom is 0.303 e. The van der Waals surface area contributed by atoms with E-state index < -0.39 is 22.4 Å². The number of carbonyl (C=O) groups excluding carboxylic acids is 3. The highest BCUT2D eigenvalue weighted by Gasteiger charge is 2.68. The molecule has 4 rings (SSSR count). The van der Waals surface area contributed by atoms with E-state index in [0.29, 0.717) is 12.3 Å². The third kappa shape index (κ3) is 2.48. The van der Waals surface area contributed by atoms with Crippen LogP contribution in [0.5, 0.6) is 0 Å². The molecule has 29 heavy (non-hydrogen) atoms. The van der Waals surface area contributed by atoms with E-state index in [1.165, 1.54) is 13.0 Å². The smallest absolute Gasteiger partial charge is 0.303 e. The van der Waals surface area contributed by atoms with Gasteiger partial charge < -0.3 is 9.84 Å². The molecule has 0 aromatic rings. The second-order valence-corrected chi connectivity index (χ2v) is 10.2. The molecule has 0 spiro atoms. The quantitative estimate of drug-likeness (QED) is 0.698. The topological polar surface area (TPSA) is 80.7 Å². The normalized spacial score (nSPS) is 46.0. The van der Waals surface area contributed by atoms with Gasteiger partial charge in [0, 0.05) is 18.4 Å². The molecule has 158 valence electrons. The average molecular weight is 401 g/mol. The van der Waals surface area contributed by atoms with Gasteiger partial charge in [0.05, 0.1) is 5.41 Å². The molecule has 5 heteroatoms. The number of allylic oxidation sites excluding steroid dienone is 3. The fraction of sp³-hybridized carbons (Fsp3) is 0.708. The second kappa shape index (κ2) is 6.29. The fourth-order valence-electron chi connectivity index (χ4n) is 7.76. The van der Waals surface area contributed by atoms with Crippen molar-refractivity contribution in [2.45, 2.75) is 72.3 Å². The summed E-state index contributed by atoms with van der Waals surface area (Å²) in [5.41, 5.74) is -1.01. The Bertz CT molecular complexity index is 853. The number of esters is 1. The van der Waals surface area contributed by atoms with Gasteiger partial charge in [-0.3, -0.25) is 14.4 Å². The zero-order valence-electron chi connectivity index (χ0n) is 18.1. The third-order valence-electron chi connectivity index (χ3n) is 9.04. The lowest BCUT2D eigenvalue weighted by atomic mass is 9.45. The van der Waals surface area contributed by atoms with E-state index in [-0.39, 0.29) is 35.1 Å². The number of hydrogen-bond donors (Lipinski definition) is 1. The molecule has 0 bridgehead atoms. The van der Waals surface area contributed by atoms with Crippen molar-refractivity contribution in [3.05, 3.63) is 23.5 Å². The van der Waals surface area contributed by atoms with Gasteiger partial charge in [-0.25, -0.2) is 0 Å². The summed E-state index contributed by atoms with van der Waals surface area (Å²) in [7, 11) is 0. The van der Waals surface area contributed by atoms with Crippen LogP contribution in [-0.2, 0) is 19.1 Å². The summed E-state index contributed by atoms with van der Waals surface area (Å²) in [6.45, 7) is 9.23. The van der Waals surface area contributed by atoms with Gasteiger partial charge in [0.2, 0.25) is 0 Å². The molecular formula is C24H32O5. The van der Waals surface area contributed by atoms with Crippen LogP contribution in [0.2, 0.25) is 0 Å². The molecule has 0 aromatic carbocycles. The molecule has 4 aliphatic rings. The maximum atomic E-state index is 13.1. The molecule has 7 atom stereocenters. The molecule has 0 unspecified atom stereocenters. The lowest BCUT2D eigenvalue weighted by Crippen LogP contribution is -2.60. The van der Waals surface area contributed by atoms with Gasteiger partial charge in [0.25, 0.3) is 0 Å². The van der Waals surface area contributed by atoms with Gasteiger partial charge in [0.15, 0.2) is 17.2 Å². The summed E-state index contributed by atoms with van der Waals surface area (Å²) in [4.78, 5) is 37.8. The molecule has 5 nitrogen and oxygen atoms in total. The summed E-state index contributed by atoms with van der Waals surface area (Å²) >= 11 is 0. The highest BCUT2D eigenvalue weighted by molar-refractivity contribution is 5.99. The summed E-state index contributed by atoms with van der Waals surface area (Å²) in [6, 6.07) is 0. The first-order valence-corrected chi connectivity index (χ1v) is 10.8. The van der Waals surface area contributed by atoms with Crippen LogP contribution in [0.25, 0.3) is 0 Å². The first-order chi connectivity index (χ1) is 13.5. The molecular weight excluding hydrogens is 368 g/mol. The van der Waals surface area contributed by atoms with Gasteiger partial charge in [-0.2, -0.15) is 0 Å². The average Bonchev–Trinajstić information content (AvgIpc) is 2.91. The molecule has 0 aliphatic heterocycles. The van der Waals surface area contributed by atoms with Crippen molar-refractivity contribution in [2.24, 2.45) is 34.5 Å². The largest absolute Gasteiger partial charge is 0.508 e. The van der Waals surface area contributed by atoms with Crippen molar-refractivity contribution < 1.29 is 24.2 Å². The number of fused-ring (bicyclic) bond motifs is 5. The van der Waals surface area contributed by atoms with Crippen LogP contribution in [0.3, 0.4) is 0 Å². The Morgan fingerprint density at radius 2 is 1.76 bits per heavy atom. The number of ketones is 2. The first-order valence-electron chi connectivity index (χ1n) is 10.8. The van der Waals surface area contributed by atoms with Crippen molar-refractivity contribution >= 4 is 17.5 Å². The predicted octanol–water partition coefficient (Wildman–Crippen LogP) is 4.32. The van der Waals surface area contributed by atoms with Gasteiger partial charge in [-0.05, 0) is 81.3 Å². The zero-order valence-corrected chi connectivity index (χ0v) is 18.1. The van der Waals surface area contributed by atoms with Crippen molar-refractivity contribution in [3.63, 3.8) is 0 Å². The minimum Gasteiger partial charge on any atom is -0.508 e. The van der Waals surface area contributed by atoms with E-state index in [4.69, 9.17) is 4.74 Å². The molecule has 0 saturated heterocycles. The summed E-state index contributed by atoms with van der Waals surface area (Å²) in [5.74, 6) is 0.477. The molecule has 4 aliphatic carbocycles. The van der Waals surface area contributed by atoms with Crippen molar-refractivity contribution in [2.75, 3.05) is 0 Å². The maximum absolute atomic E-state index is 13.1. The first kappa shape index (κ1) is 20.4. The van der Waals surface area contributed by atoms with Crippen LogP contribution in [0.15, 0.2) is 23.5 Å². The SMILES string of the molecule is CC(=O)O[C@]1(C(C)=O)CC[C@H]2[C@@H]3C[C@H](C)C4=CC(O)=CC(=O)[C@]4(C)[C@H]3CC[C@@]21C. The highest BCUT2D eigenvalue weighted by atomic mass is 16.6. The van der Waals surface area contributed by atoms with Crippen molar-refractivity contribution in [3.8, 4) is 0 Å². The molecule has 1 N–H and O–H groups in total. The van der Waals surface area contributed by atoms with E-state index >= 15 is 0 Å². The lowest BCUT2D eigenvalue weighted by Gasteiger charge is -2.59. The van der Waals surface area contributed by atoms with E-state index in [0.717, 1.165) is 31.3 Å². The number of hydrogen-bond acceptors (Lipinski definition) is 5. The minimum absolute atomic E-state index is 0.00605. The molecule has 0 radical (unpaired) electrons. The van der Waals surface area contributed by atoms with Gasteiger partial charge in [0.1, 0.15) is 5.76 Å². The van der Waals surface area contributed by atoms with Crippen LogP contribution in [0.1, 0.15) is 66.7 Å². The Kier molecular flexibility index (Phi) is 4.42. The van der Waals surface area contributed by atoms with E-state index in [2.05, 4.69) is 13.8 Å². The number of ether oxygens (including phenoxy) is 1. The summed E-state index contributed by atoms with van der Waals surface area (Å²) in [6.07, 6.45) is 7.07. The fourth-order valence-corrected chi connectivity index (χ4v) is 7.76. The predicted molar refractivity (Wildman–Crippen MR) is 108 cm³/mol. The Labute approximate surface area is 172 Å². The Hall–Kier alpha value is -1.91. The van der Waals surface area contributed by atoms with Crippen LogP contribution < -0.4 is 0 Å². The third-order valence-corrected chi connectivity index (χ3v) is 9.04. The Morgan fingerprint density at radius 1 is 1.10 bits per heavy atom. The highest BCUT2D eigenvalue weighted by Crippen LogP contribution is 2.68. The minimum atomic E-state index is -1.05. The van der Waals surface area contributed by atoms with Crippen LogP contribution >= 0.6 is 0 Å². The molecule has 3 fully saturated rings. The zero-order chi connectivity index (χ0) is 21.4. The summed E-state index contributed by atoms with van der Waals surface area (Å²) < 4.78 is 5.80. The lowest BCUT2D eigenvalue weighted by molar-refractivity contribution is -0.187. The van der Waals surface area contributed by atoms with Crippen LogP contribution in [0.4, 0.5) is 0 Å². The molecule has 0 amide bonds. The van der Waals surface area contributed by atoms with Crippen LogP contribution in [0, 0.1) is 34.5 Å². The monoisotopic (exact) mass is 400 g/mol. The van der Waals surface area contributed by atoms with E-state index in [9.17, 15) is 19.5 Å². The number of rotatable bonds is 2. The number of carbonyl (C=O) groups is 3. The van der Waals surface area contributed by atoms with E-state index in [1.54, 1.807) is 13.0 Å². The standard InChI is InChI=1S/C24H32O5/c1-13-10-17-18-7-9-24(14(2)25,29-15(3)26)22(18,4)8-6-19(17)23(5)20(13)11-16(27)12-21(23)28/h11-13,17-19,27H,6-10H2,1-5H3/t13-,17-,18-,19-,22-,23+,24-/m0/s1. The van der Waals surface area contributed by atoms with Gasteiger partial charge >= 0.3 is 5.97 Å². The summed E-state index contributed by atoms with van der Waals surface area (Å²) in [5, 5.41) is 10.0. The van der Waals surface area contributed by atoms with Crippen LogP contribution in [-0.4, -0.2) is 28.2 Å². The number of aliphatic hydroxyl groups is 1. The van der Waals surface area contributed by atoms with Gasteiger partial charge in [-0.15, -0.1) is 0 Å². The molecule has 0 aromatic heterocycles. The van der Waals surface area contributed by atoms with Crippen molar-refractivity contribution in [1.29, 1.82) is 0 Å². The molecule has 3 saturated carbocycles. The Morgan fingerprint density at radius 3 is 2.38 bits per heavy atom. The van der Waals surface area contributed by atoms with Gasteiger partial charge in [-0.1, -0.05) is 13.8 Å². The Balaban J connectivity index is 1.76. The number of aliphatic hydroxyl groups excluding tert-OH is 1. The second-order valence-electron chi connectivity index (χ2n) is 10.2. The molecule has 0 heterocycles. The number of Topliss-reactive ketones (excluding diaryl/α,β-unsaturated/α-hetero) is 1. The van der Waals surface area contributed by atoms with Crippen molar-refractivity contribution in [1.82, 2.24) is 0 Å². The van der Waals surface area contributed by atoms with E-state index in [1.807, 2.05) is 6.92 Å².